The molecule has 2 aliphatic heterocycles. The summed E-state index contributed by atoms with van der Waals surface area (Å²) in [6.07, 6.45) is 4.54. The molecule has 0 aromatic heterocycles. The Morgan fingerprint density at radius 2 is 1.78 bits per heavy atom. The van der Waals surface area contributed by atoms with Gasteiger partial charge in [-0.1, -0.05) is 6.07 Å². The molecule has 0 bridgehead atoms. The molecule has 2 aromatic rings. The molecule has 0 saturated carbocycles. The molecule has 1 N–H and O–H groups in total. The fraction of sp³-hybridized carbons (Fsp3) is 0.400. The zero-order valence-corrected chi connectivity index (χ0v) is 17.0. The highest BCUT2D eigenvalue weighted by molar-refractivity contribution is 7.90. The molecule has 0 atom stereocenters. The normalized spacial score (nSPS) is 17.3. The van der Waals surface area contributed by atoms with Gasteiger partial charge in [0.15, 0.2) is 9.84 Å². The molecule has 4 rings (SSSR count). The van der Waals surface area contributed by atoms with Crippen LogP contribution in [0.4, 0.5) is 11.4 Å². The van der Waals surface area contributed by atoms with E-state index in [1.165, 1.54) is 11.8 Å². The number of halogens is 1. The SMILES string of the molecule is CS(=O)(=O)c1ccc(N2CCc3c(OC4CCNCC4)cccc32)cc1.Cl. The van der Waals surface area contributed by atoms with Crippen LogP contribution >= 0.6 is 12.4 Å². The zero-order valence-electron chi connectivity index (χ0n) is 15.3. The maximum atomic E-state index is 11.7. The van der Waals surface area contributed by atoms with E-state index in [0.717, 1.165) is 56.0 Å². The highest BCUT2D eigenvalue weighted by atomic mass is 35.5. The number of hydrogen-bond acceptors (Lipinski definition) is 5. The van der Waals surface area contributed by atoms with Crippen LogP contribution < -0.4 is 15.0 Å². The Morgan fingerprint density at radius 3 is 2.44 bits per heavy atom. The van der Waals surface area contributed by atoms with Gasteiger partial charge in [-0.2, -0.15) is 0 Å². The zero-order chi connectivity index (χ0) is 18.1. The molecular weight excluding hydrogens is 384 g/mol. The molecule has 0 aliphatic carbocycles. The topological polar surface area (TPSA) is 58.6 Å². The van der Waals surface area contributed by atoms with Crippen molar-refractivity contribution in [3.63, 3.8) is 0 Å². The second-order valence-corrected chi connectivity index (χ2v) is 9.00. The van der Waals surface area contributed by atoms with E-state index in [4.69, 9.17) is 4.74 Å². The monoisotopic (exact) mass is 408 g/mol. The Balaban J connectivity index is 0.00000210. The van der Waals surface area contributed by atoms with Gasteiger partial charge in [0.05, 0.1) is 4.90 Å². The van der Waals surface area contributed by atoms with Crippen LogP contribution in [0.5, 0.6) is 5.75 Å². The number of benzene rings is 2. The quantitative estimate of drug-likeness (QED) is 0.840. The average Bonchev–Trinajstić information content (AvgIpc) is 3.07. The number of fused-ring (bicyclic) bond motifs is 1. The second-order valence-electron chi connectivity index (χ2n) is 6.99. The Bertz CT molecular complexity index is 894. The predicted octanol–water partition coefficient (Wildman–Crippen LogP) is 3.34. The lowest BCUT2D eigenvalue weighted by molar-refractivity contribution is 0.161. The summed E-state index contributed by atoms with van der Waals surface area (Å²) in [6, 6.07) is 13.3. The summed E-state index contributed by atoms with van der Waals surface area (Å²) in [6.45, 7) is 2.90. The first-order chi connectivity index (χ1) is 12.5. The van der Waals surface area contributed by atoms with Crippen molar-refractivity contribution in [1.29, 1.82) is 0 Å². The molecule has 0 spiro atoms. The van der Waals surface area contributed by atoms with Gasteiger partial charge in [-0.05, 0) is 68.8 Å². The minimum absolute atomic E-state index is 0. The highest BCUT2D eigenvalue weighted by Crippen LogP contribution is 2.40. The molecule has 2 aliphatic rings. The largest absolute Gasteiger partial charge is 0.490 e. The number of ether oxygens (including phenoxy) is 1. The van der Waals surface area contributed by atoms with Crippen LogP contribution in [0, 0.1) is 0 Å². The van der Waals surface area contributed by atoms with E-state index in [1.54, 1.807) is 12.1 Å². The minimum atomic E-state index is -3.17. The van der Waals surface area contributed by atoms with Gasteiger partial charge < -0.3 is 15.0 Å². The Morgan fingerprint density at radius 1 is 1.07 bits per heavy atom. The third-order valence-electron chi connectivity index (χ3n) is 5.14. The van der Waals surface area contributed by atoms with E-state index in [1.807, 2.05) is 18.2 Å². The molecule has 0 amide bonds. The van der Waals surface area contributed by atoms with Crippen molar-refractivity contribution >= 4 is 33.6 Å². The fourth-order valence-electron chi connectivity index (χ4n) is 3.75. The first-order valence-corrected chi connectivity index (χ1v) is 11.0. The summed E-state index contributed by atoms with van der Waals surface area (Å²) < 4.78 is 29.6. The number of anilines is 2. The van der Waals surface area contributed by atoms with Crippen LogP contribution in [0.15, 0.2) is 47.4 Å². The van der Waals surface area contributed by atoms with Crippen molar-refractivity contribution in [3.05, 3.63) is 48.0 Å². The lowest BCUT2D eigenvalue weighted by Gasteiger charge is -2.25. The fourth-order valence-corrected chi connectivity index (χ4v) is 4.38. The number of nitrogens with zero attached hydrogens (tertiary/aromatic N) is 1. The van der Waals surface area contributed by atoms with E-state index in [-0.39, 0.29) is 18.5 Å². The van der Waals surface area contributed by atoms with Gasteiger partial charge in [0, 0.05) is 29.7 Å². The summed E-state index contributed by atoms with van der Waals surface area (Å²) >= 11 is 0. The number of hydrogen-bond donors (Lipinski definition) is 1. The van der Waals surface area contributed by atoms with Gasteiger partial charge in [-0.25, -0.2) is 8.42 Å². The number of rotatable bonds is 4. The molecule has 5 nitrogen and oxygen atoms in total. The van der Waals surface area contributed by atoms with E-state index < -0.39 is 9.84 Å². The van der Waals surface area contributed by atoms with Crippen molar-refractivity contribution in [1.82, 2.24) is 5.32 Å². The van der Waals surface area contributed by atoms with Crippen molar-refractivity contribution in [2.24, 2.45) is 0 Å². The van der Waals surface area contributed by atoms with Gasteiger partial charge in [0.2, 0.25) is 0 Å². The molecule has 146 valence electrons. The predicted molar refractivity (Wildman–Crippen MR) is 110 cm³/mol. The summed E-state index contributed by atoms with van der Waals surface area (Å²) in [5.41, 5.74) is 3.41. The lowest BCUT2D eigenvalue weighted by Crippen LogP contribution is -2.34. The van der Waals surface area contributed by atoms with Crippen molar-refractivity contribution in [2.45, 2.75) is 30.3 Å². The maximum absolute atomic E-state index is 11.7. The average molecular weight is 409 g/mol. The molecule has 1 saturated heterocycles. The molecule has 0 radical (unpaired) electrons. The molecule has 27 heavy (non-hydrogen) atoms. The second kappa shape index (κ2) is 8.09. The summed E-state index contributed by atoms with van der Waals surface area (Å²) in [5.74, 6) is 0.990. The van der Waals surface area contributed by atoms with Gasteiger partial charge in [0.25, 0.3) is 0 Å². The van der Waals surface area contributed by atoms with Crippen LogP contribution in [0.1, 0.15) is 18.4 Å². The number of sulfone groups is 1. The molecule has 2 aromatic carbocycles. The number of piperidine rings is 1. The Hall–Kier alpha value is -1.76. The summed E-state index contributed by atoms with van der Waals surface area (Å²) in [7, 11) is -3.17. The van der Waals surface area contributed by atoms with Crippen LogP contribution in [-0.4, -0.2) is 40.4 Å². The molecule has 2 heterocycles. The van der Waals surface area contributed by atoms with Gasteiger partial charge >= 0.3 is 0 Å². The van der Waals surface area contributed by atoms with Crippen molar-refractivity contribution < 1.29 is 13.2 Å². The molecule has 0 unspecified atom stereocenters. The van der Waals surface area contributed by atoms with E-state index in [9.17, 15) is 8.42 Å². The van der Waals surface area contributed by atoms with E-state index >= 15 is 0 Å². The Labute approximate surface area is 167 Å². The summed E-state index contributed by atoms with van der Waals surface area (Å²) in [4.78, 5) is 2.58. The van der Waals surface area contributed by atoms with Crippen molar-refractivity contribution in [2.75, 3.05) is 30.8 Å². The molecule has 1 fully saturated rings. The van der Waals surface area contributed by atoms with Crippen LogP contribution in [0.2, 0.25) is 0 Å². The van der Waals surface area contributed by atoms with Gasteiger partial charge in [-0.3, -0.25) is 0 Å². The van der Waals surface area contributed by atoms with Crippen molar-refractivity contribution in [3.8, 4) is 5.75 Å². The van der Waals surface area contributed by atoms with Crippen LogP contribution in [-0.2, 0) is 16.3 Å². The number of nitrogens with one attached hydrogen (secondary N) is 1. The van der Waals surface area contributed by atoms with Gasteiger partial charge in [-0.15, -0.1) is 12.4 Å². The first kappa shape index (κ1) is 20.0. The van der Waals surface area contributed by atoms with Gasteiger partial charge in [0.1, 0.15) is 11.9 Å². The first-order valence-electron chi connectivity index (χ1n) is 9.09. The Kier molecular flexibility index (Phi) is 5.99. The third kappa shape index (κ3) is 4.23. The minimum Gasteiger partial charge on any atom is -0.490 e. The summed E-state index contributed by atoms with van der Waals surface area (Å²) in [5, 5.41) is 3.37. The molecule has 7 heteroatoms. The van der Waals surface area contributed by atoms with E-state index in [0.29, 0.717) is 4.90 Å². The van der Waals surface area contributed by atoms with E-state index in [2.05, 4.69) is 22.3 Å². The highest BCUT2D eigenvalue weighted by Gasteiger charge is 2.25. The standard InChI is InChI=1S/C20H24N2O3S.ClH/c1-26(23,24)17-7-5-15(6-8-17)22-14-11-18-19(22)3-2-4-20(18)25-16-9-12-21-13-10-16;/h2-8,16,21H,9-14H2,1H3;1H. The third-order valence-corrected chi connectivity index (χ3v) is 6.27. The lowest BCUT2D eigenvalue weighted by atomic mass is 10.1. The van der Waals surface area contributed by atoms with Crippen LogP contribution in [0.25, 0.3) is 0 Å². The molecular formula is C20H25ClN2O3S. The maximum Gasteiger partial charge on any atom is 0.175 e. The smallest absolute Gasteiger partial charge is 0.175 e. The van der Waals surface area contributed by atoms with Crippen LogP contribution in [0.3, 0.4) is 0 Å².